The summed E-state index contributed by atoms with van der Waals surface area (Å²) in [5, 5.41) is 0. The van der Waals surface area contributed by atoms with Gasteiger partial charge in [-0.25, -0.2) is 16.8 Å². The first kappa shape index (κ1) is 18.5. The molecule has 1 aromatic rings. The third-order valence-electron chi connectivity index (χ3n) is 4.65. The molecule has 0 aromatic heterocycles. The molecule has 0 aliphatic heterocycles. The number of rotatable bonds is 5. The first-order valence-corrected chi connectivity index (χ1v) is 11.7. The molecule has 2 rings (SSSR count). The third kappa shape index (κ3) is 4.80. The molecule has 1 unspecified atom stereocenters. The van der Waals surface area contributed by atoms with Crippen LogP contribution in [0.1, 0.15) is 39.5 Å². The van der Waals surface area contributed by atoms with Crippen molar-refractivity contribution in [3.05, 3.63) is 24.3 Å². The van der Waals surface area contributed by atoms with Gasteiger partial charge in [-0.2, -0.15) is 0 Å². The Morgan fingerprint density at radius 1 is 0.913 bits per heavy atom. The van der Waals surface area contributed by atoms with Crippen molar-refractivity contribution in [1.82, 2.24) is 0 Å². The van der Waals surface area contributed by atoms with E-state index >= 15 is 0 Å². The maximum Gasteiger partial charge on any atom is 0.179 e. The van der Waals surface area contributed by atoms with Crippen LogP contribution in [0.25, 0.3) is 0 Å². The molecule has 0 amide bonds. The Morgan fingerprint density at radius 2 is 1.43 bits per heavy atom. The Balaban J connectivity index is 2.17. The van der Waals surface area contributed by atoms with Crippen LogP contribution in [0, 0.1) is 17.8 Å². The van der Waals surface area contributed by atoms with E-state index in [4.69, 9.17) is 0 Å². The van der Waals surface area contributed by atoms with Gasteiger partial charge >= 0.3 is 0 Å². The monoisotopic (exact) mass is 358 g/mol. The quantitative estimate of drug-likeness (QED) is 0.809. The second-order valence-corrected chi connectivity index (χ2v) is 11.2. The van der Waals surface area contributed by atoms with Gasteiger partial charge in [0.25, 0.3) is 0 Å². The second-order valence-electron chi connectivity index (χ2n) is 7.11. The highest BCUT2D eigenvalue weighted by atomic mass is 32.2. The number of hydrogen-bond donors (Lipinski definition) is 0. The highest BCUT2D eigenvalue weighted by Gasteiger charge is 2.28. The molecule has 4 nitrogen and oxygen atoms in total. The Bertz CT molecular complexity index is 741. The van der Waals surface area contributed by atoms with Crippen molar-refractivity contribution in [2.45, 2.75) is 49.3 Å². The minimum Gasteiger partial charge on any atom is -0.224 e. The first-order chi connectivity index (χ1) is 10.6. The van der Waals surface area contributed by atoms with Crippen LogP contribution in [0.15, 0.2) is 34.1 Å². The summed E-state index contributed by atoms with van der Waals surface area (Å²) in [6.07, 6.45) is 4.99. The molecule has 1 aromatic carbocycles. The number of benzene rings is 1. The van der Waals surface area contributed by atoms with E-state index in [1.807, 2.05) is 0 Å². The molecule has 1 aliphatic rings. The highest BCUT2D eigenvalue weighted by molar-refractivity contribution is 7.94. The summed E-state index contributed by atoms with van der Waals surface area (Å²) in [5.41, 5.74) is 0. The fraction of sp³-hybridized carbons (Fsp3) is 0.647. The third-order valence-corrected chi connectivity index (χ3v) is 7.74. The number of hydrogen-bond acceptors (Lipinski definition) is 4. The van der Waals surface area contributed by atoms with Crippen LogP contribution in [0.2, 0.25) is 0 Å². The van der Waals surface area contributed by atoms with Crippen LogP contribution in [0.5, 0.6) is 0 Å². The lowest BCUT2D eigenvalue weighted by molar-refractivity contribution is 0.215. The molecule has 0 bridgehead atoms. The Morgan fingerprint density at radius 3 is 1.96 bits per heavy atom. The minimum absolute atomic E-state index is 0.0175. The fourth-order valence-corrected chi connectivity index (χ4v) is 6.91. The largest absolute Gasteiger partial charge is 0.224 e. The predicted molar refractivity (Wildman–Crippen MR) is 91.9 cm³/mol. The van der Waals surface area contributed by atoms with Crippen LogP contribution in [-0.2, 0) is 19.7 Å². The van der Waals surface area contributed by atoms with E-state index in [1.54, 1.807) is 12.1 Å². The summed E-state index contributed by atoms with van der Waals surface area (Å²) >= 11 is 0. The molecule has 130 valence electrons. The lowest BCUT2D eigenvalue weighted by Gasteiger charge is -2.31. The smallest absolute Gasteiger partial charge is 0.179 e. The van der Waals surface area contributed by atoms with E-state index in [2.05, 4.69) is 13.8 Å². The van der Waals surface area contributed by atoms with Crippen molar-refractivity contribution in [3.8, 4) is 0 Å². The van der Waals surface area contributed by atoms with Gasteiger partial charge in [0.05, 0.1) is 15.5 Å². The predicted octanol–water partition coefficient (Wildman–Crippen LogP) is 3.33. The molecule has 0 heterocycles. The summed E-state index contributed by atoms with van der Waals surface area (Å²) in [6.45, 7) is 4.44. The van der Waals surface area contributed by atoms with Gasteiger partial charge in [-0.3, -0.25) is 0 Å². The second kappa shape index (κ2) is 6.93. The SMILES string of the molecule is C[C@@H]1CC(CCS(=O)(=O)c2ccccc2S(C)(=O)=O)C[C@H](C)C1. The van der Waals surface area contributed by atoms with Crippen molar-refractivity contribution < 1.29 is 16.8 Å². The van der Waals surface area contributed by atoms with Gasteiger partial charge in [-0.15, -0.1) is 0 Å². The molecule has 0 spiro atoms. The summed E-state index contributed by atoms with van der Waals surface area (Å²) in [5.74, 6) is 1.70. The Labute approximate surface area is 140 Å². The van der Waals surface area contributed by atoms with E-state index in [-0.39, 0.29) is 15.5 Å². The molecule has 3 atom stereocenters. The minimum atomic E-state index is -3.59. The highest BCUT2D eigenvalue weighted by Crippen LogP contribution is 2.35. The zero-order valence-corrected chi connectivity index (χ0v) is 15.7. The van der Waals surface area contributed by atoms with Gasteiger partial charge in [0.1, 0.15) is 0 Å². The molecule has 1 aliphatic carbocycles. The topological polar surface area (TPSA) is 68.3 Å². The number of sulfone groups is 2. The fourth-order valence-electron chi connectivity index (χ4n) is 3.79. The van der Waals surface area contributed by atoms with Crippen LogP contribution in [0.3, 0.4) is 0 Å². The molecule has 23 heavy (non-hydrogen) atoms. The average molecular weight is 359 g/mol. The van der Waals surface area contributed by atoms with Gasteiger partial charge in [-0.05, 0) is 55.6 Å². The van der Waals surface area contributed by atoms with Gasteiger partial charge in [0, 0.05) is 6.26 Å². The standard InChI is InChI=1S/C17H26O4S2/c1-13-10-14(2)12-15(11-13)8-9-23(20,21)17-7-5-4-6-16(17)22(3,18)19/h4-7,13-15H,8-12H2,1-3H3/t13-,14+,15?. The summed E-state index contributed by atoms with van der Waals surface area (Å²) in [7, 11) is -7.14. The zero-order chi connectivity index (χ0) is 17.3. The van der Waals surface area contributed by atoms with E-state index in [1.165, 1.54) is 18.6 Å². The maximum absolute atomic E-state index is 12.6. The van der Waals surface area contributed by atoms with Crippen molar-refractivity contribution in [2.75, 3.05) is 12.0 Å². The maximum atomic E-state index is 12.6. The van der Waals surface area contributed by atoms with Crippen LogP contribution in [0.4, 0.5) is 0 Å². The van der Waals surface area contributed by atoms with Crippen molar-refractivity contribution in [3.63, 3.8) is 0 Å². The van der Waals surface area contributed by atoms with Crippen molar-refractivity contribution in [2.24, 2.45) is 17.8 Å². The van der Waals surface area contributed by atoms with Crippen LogP contribution in [-0.4, -0.2) is 28.8 Å². The Hall–Kier alpha value is -0.880. The summed E-state index contributed by atoms with van der Waals surface area (Å²) < 4.78 is 48.9. The van der Waals surface area contributed by atoms with Gasteiger partial charge < -0.3 is 0 Å². The average Bonchev–Trinajstić information content (AvgIpc) is 2.43. The summed E-state index contributed by atoms with van der Waals surface area (Å²) in [4.78, 5) is -0.148. The normalized spacial score (nSPS) is 26.1. The molecule has 0 N–H and O–H groups in total. The van der Waals surface area contributed by atoms with Crippen LogP contribution >= 0.6 is 0 Å². The molecule has 0 radical (unpaired) electrons. The summed E-state index contributed by atoms with van der Waals surface area (Å²) in [6, 6.07) is 5.90. The van der Waals surface area contributed by atoms with E-state index in [0.717, 1.165) is 19.1 Å². The van der Waals surface area contributed by atoms with E-state index in [9.17, 15) is 16.8 Å². The van der Waals surface area contributed by atoms with Crippen molar-refractivity contribution in [1.29, 1.82) is 0 Å². The van der Waals surface area contributed by atoms with Gasteiger partial charge in [-0.1, -0.05) is 26.0 Å². The van der Waals surface area contributed by atoms with Crippen molar-refractivity contribution >= 4 is 19.7 Å². The molecule has 1 saturated carbocycles. The lowest BCUT2D eigenvalue weighted by Crippen LogP contribution is -2.22. The van der Waals surface area contributed by atoms with E-state index < -0.39 is 19.7 Å². The van der Waals surface area contributed by atoms with Crippen LogP contribution < -0.4 is 0 Å². The van der Waals surface area contributed by atoms with Gasteiger partial charge in [0.2, 0.25) is 0 Å². The lowest BCUT2D eigenvalue weighted by atomic mass is 9.76. The molecular weight excluding hydrogens is 332 g/mol. The zero-order valence-electron chi connectivity index (χ0n) is 14.0. The molecule has 0 saturated heterocycles. The molecule has 6 heteroatoms. The Kier molecular flexibility index (Phi) is 5.56. The molecule has 1 fully saturated rings. The van der Waals surface area contributed by atoms with E-state index in [0.29, 0.717) is 24.2 Å². The van der Waals surface area contributed by atoms with Gasteiger partial charge in [0.15, 0.2) is 19.7 Å². The molecular formula is C17H26O4S2. The first-order valence-electron chi connectivity index (χ1n) is 8.11.